The molecule has 1 aromatic carbocycles. The van der Waals surface area contributed by atoms with Crippen molar-refractivity contribution in [1.82, 2.24) is 5.32 Å². The highest BCUT2D eigenvalue weighted by Gasteiger charge is 2.22. The molecule has 112 valence electrons. The summed E-state index contributed by atoms with van der Waals surface area (Å²) in [6.45, 7) is 6.90. The van der Waals surface area contributed by atoms with E-state index in [1.54, 1.807) is 7.11 Å². The molecule has 1 fully saturated rings. The molecule has 0 aliphatic heterocycles. The summed E-state index contributed by atoms with van der Waals surface area (Å²) in [6.07, 6.45) is 2.58. The van der Waals surface area contributed by atoms with Gasteiger partial charge in [-0.2, -0.15) is 0 Å². The van der Waals surface area contributed by atoms with Crippen LogP contribution in [0.1, 0.15) is 44.7 Å². The normalized spacial score (nSPS) is 17.0. The van der Waals surface area contributed by atoms with Gasteiger partial charge in [-0.25, -0.2) is 0 Å². The fraction of sp³-hybridized carbons (Fsp3) is 0.625. The number of ether oxygens (including phenoxy) is 1. The standard InChI is InChI=1S/C16H25NO2S/c1-16(2,3)20(18)11-13-9-12(5-8-15(13)19-4)10-17-14-6-7-14/h5,8-9,14,17H,6-7,10-11H2,1-4H3. The predicted molar refractivity (Wildman–Crippen MR) is 84.5 cm³/mol. The molecule has 1 N–H and O–H groups in total. The SMILES string of the molecule is COc1ccc(CNC2CC2)cc1CS(=O)C(C)(C)C. The summed E-state index contributed by atoms with van der Waals surface area (Å²) >= 11 is 0. The van der Waals surface area contributed by atoms with E-state index >= 15 is 0 Å². The van der Waals surface area contributed by atoms with Crippen molar-refractivity contribution in [3.8, 4) is 5.75 Å². The van der Waals surface area contributed by atoms with E-state index in [1.165, 1.54) is 18.4 Å². The average molecular weight is 295 g/mol. The van der Waals surface area contributed by atoms with Gasteiger partial charge in [0.2, 0.25) is 0 Å². The second-order valence-electron chi connectivity index (χ2n) is 6.40. The molecule has 0 bridgehead atoms. The Morgan fingerprint density at radius 3 is 2.60 bits per heavy atom. The molecule has 0 radical (unpaired) electrons. The van der Waals surface area contributed by atoms with Gasteiger partial charge in [-0.15, -0.1) is 0 Å². The van der Waals surface area contributed by atoms with E-state index < -0.39 is 10.8 Å². The zero-order valence-corrected chi connectivity index (χ0v) is 13.7. The first-order chi connectivity index (χ1) is 9.40. The molecule has 0 heterocycles. The average Bonchev–Trinajstić information content (AvgIpc) is 3.19. The van der Waals surface area contributed by atoms with E-state index in [2.05, 4.69) is 17.4 Å². The van der Waals surface area contributed by atoms with Crippen LogP contribution in [0.15, 0.2) is 18.2 Å². The number of hydrogen-bond donors (Lipinski definition) is 1. The molecule has 0 saturated heterocycles. The summed E-state index contributed by atoms with van der Waals surface area (Å²) in [4.78, 5) is 0. The number of benzene rings is 1. The Morgan fingerprint density at radius 2 is 2.05 bits per heavy atom. The molecule has 1 aromatic rings. The summed E-state index contributed by atoms with van der Waals surface area (Å²) in [5.74, 6) is 1.38. The minimum Gasteiger partial charge on any atom is -0.496 e. The van der Waals surface area contributed by atoms with E-state index in [0.717, 1.165) is 17.9 Å². The Morgan fingerprint density at radius 1 is 1.35 bits per heavy atom. The molecular weight excluding hydrogens is 270 g/mol. The first-order valence-electron chi connectivity index (χ1n) is 7.18. The third-order valence-electron chi connectivity index (χ3n) is 3.49. The van der Waals surface area contributed by atoms with Crippen LogP contribution in [0.4, 0.5) is 0 Å². The van der Waals surface area contributed by atoms with Crippen LogP contribution >= 0.6 is 0 Å². The van der Waals surface area contributed by atoms with Crippen LogP contribution in [0.2, 0.25) is 0 Å². The minimum atomic E-state index is -0.909. The van der Waals surface area contributed by atoms with E-state index in [0.29, 0.717) is 11.8 Å². The summed E-state index contributed by atoms with van der Waals surface area (Å²) in [6, 6.07) is 6.89. The summed E-state index contributed by atoms with van der Waals surface area (Å²) in [5.41, 5.74) is 2.27. The molecule has 1 aliphatic carbocycles. The third kappa shape index (κ3) is 4.32. The maximum absolute atomic E-state index is 12.3. The Bertz CT molecular complexity index is 490. The maximum Gasteiger partial charge on any atom is 0.123 e. The van der Waals surface area contributed by atoms with Crippen LogP contribution < -0.4 is 10.1 Å². The van der Waals surface area contributed by atoms with Gasteiger partial charge in [-0.3, -0.25) is 4.21 Å². The molecule has 2 rings (SSSR count). The molecule has 3 nitrogen and oxygen atoms in total. The lowest BCUT2D eigenvalue weighted by molar-refractivity contribution is 0.411. The lowest BCUT2D eigenvalue weighted by atomic mass is 10.1. The van der Waals surface area contributed by atoms with Crippen LogP contribution in [0.5, 0.6) is 5.75 Å². The van der Waals surface area contributed by atoms with Crippen LogP contribution in [-0.2, 0) is 23.1 Å². The number of nitrogens with one attached hydrogen (secondary N) is 1. The van der Waals surface area contributed by atoms with Crippen molar-refractivity contribution in [2.24, 2.45) is 0 Å². The number of hydrogen-bond acceptors (Lipinski definition) is 3. The predicted octanol–water partition coefficient (Wildman–Crippen LogP) is 2.99. The van der Waals surface area contributed by atoms with E-state index in [-0.39, 0.29) is 4.75 Å². The van der Waals surface area contributed by atoms with E-state index in [1.807, 2.05) is 26.8 Å². The molecule has 1 saturated carbocycles. The smallest absolute Gasteiger partial charge is 0.123 e. The van der Waals surface area contributed by atoms with Crippen LogP contribution in [0.3, 0.4) is 0 Å². The third-order valence-corrected chi connectivity index (χ3v) is 5.43. The van der Waals surface area contributed by atoms with Gasteiger partial charge in [0.05, 0.1) is 12.9 Å². The molecule has 1 unspecified atom stereocenters. The molecular formula is C16H25NO2S. The van der Waals surface area contributed by atoms with Crippen molar-refractivity contribution in [2.75, 3.05) is 7.11 Å². The zero-order valence-electron chi connectivity index (χ0n) is 12.9. The Balaban J connectivity index is 2.10. The number of methoxy groups -OCH3 is 1. The maximum atomic E-state index is 12.3. The van der Waals surface area contributed by atoms with Crippen molar-refractivity contribution < 1.29 is 8.95 Å². The largest absolute Gasteiger partial charge is 0.496 e. The van der Waals surface area contributed by atoms with Gasteiger partial charge in [0.25, 0.3) is 0 Å². The van der Waals surface area contributed by atoms with Crippen molar-refractivity contribution in [3.05, 3.63) is 29.3 Å². The van der Waals surface area contributed by atoms with Gasteiger partial charge < -0.3 is 10.1 Å². The monoisotopic (exact) mass is 295 g/mol. The summed E-state index contributed by atoms with van der Waals surface area (Å²) in [5, 5.41) is 3.50. The topological polar surface area (TPSA) is 38.3 Å². The second-order valence-corrected chi connectivity index (χ2v) is 8.61. The van der Waals surface area contributed by atoms with Crippen LogP contribution in [-0.4, -0.2) is 22.1 Å². The van der Waals surface area contributed by atoms with Crippen molar-refractivity contribution in [2.45, 2.75) is 56.7 Å². The molecule has 1 aliphatic rings. The van der Waals surface area contributed by atoms with Gasteiger partial charge in [0.15, 0.2) is 0 Å². The van der Waals surface area contributed by atoms with E-state index in [9.17, 15) is 4.21 Å². The second kappa shape index (κ2) is 6.27. The van der Waals surface area contributed by atoms with Gasteiger partial charge in [0.1, 0.15) is 5.75 Å². The molecule has 20 heavy (non-hydrogen) atoms. The quantitative estimate of drug-likeness (QED) is 0.877. The van der Waals surface area contributed by atoms with Gasteiger partial charge >= 0.3 is 0 Å². The molecule has 1 atom stereocenters. The number of rotatable bonds is 6. The van der Waals surface area contributed by atoms with Crippen LogP contribution in [0.25, 0.3) is 0 Å². The fourth-order valence-corrected chi connectivity index (χ4v) is 2.90. The van der Waals surface area contributed by atoms with Crippen molar-refractivity contribution in [3.63, 3.8) is 0 Å². The van der Waals surface area contributed by atoms with Crippen molar-refractivity contribution in [1.29, 1.82) is 0 Å². The Hall–Kier alpha value is -0.870. The highest BCUT2D eigenvalue weighted by Crippen LogP contribution is 2.25. The highest BCUT2D eigenvalue weighted by molar-refractivity contribution is 7.85. The van der Waals surface area contributed by atoms with Gasteiger partial charge in [0, 0.05) is 33.7 Å². The van der Waals surface area contributed by atoms with Gasteiger partial charge in [-0.05, 0) is 51.3 Å². The minimum absolute atomic E-state index is 0.201. The highest BCUT2D eigenvalue weighted by atomic mass is 32.2. The molecule has 0 amide bonds. The van der Waals surface area contributed by atoms with Gasteiger partial charge in [-0.1, -0.05) is 6.07 Å². The van der Waals surface area contributed by atoms with Crippen molar-refractivity contribution >= 4 is 10.8 Å². The molecule has 0 spiro atoms. The lowest BCUT2D eigenvalue weighted by Crippen LogP contribution is -2.23. The first-order valence-corrected chi connectivity index (χ1v) is 8.49. The van der Waals surface area contributed by atoms with E-state index in [4.69, 9.17) is 4.74 Å². The summed E-state index contributed by atoms with van der Waals surface area (Å²) in [7, 11) is 0.758. The summed E-state index contributed by atoms with van der Waals surface area (Å²) < 4.78 is 17.5. The molecule has 4 heteroatoms. The Labute approximate surface area is 124 Å². The molecule has 0 aromatic heterocycles. The lowest BCUT2D eigenvalue weighted by Gasteiger charge is -2.19. The zero-order chi connectivity index (χ0) is 14.8. The fourth-order valence-electron chi connectivity index (χ4n) is 1.96. The Kier molecular flexibility index (Phi) is 4.86. The first kappa shape index (κ1) is 15.5. The van der Waals surface area contributed by atoms with Crippen LogP contribution in [0, 0.1) is 0 Å².